The van der Waals surface area contributed by atoms with Crippen molar-refractivity contribution in [2.75, 3.05) is 20.3 Å². The molecule has 10 heteroatoms. The molecule has 1 aliphatic heterocycles. The van der Waals surface area contributed by atoms with Crippen LogP contribution >= 0.6 is 23.4 Å². The maximum Gasteiger partial charge on any atom is 0.284 e. The Bertz CT molecular complexity index is 1290. The number of halogens is 1. The maximum atomic E-state index is 13.1. The van der Waals surface area contributed by atoms with Gasteiger partial charge in [-0.1, -0.05) is 62.8 Å². The van der Waals surface area contributed by atoms with Crippen molar-refractivity contribution in [2.24, 2.45) is 4.40 Å². The smallest absolute Gasteiger partial charge is 0.284 e. The van der Waals surface area contributed by atoms with E-state index in [0.717, 1.165) is 24.6 Å². The number of hydrogen-bond donors (Lipinski definition) is 0. The Morgan fingerprint density at radius 2 is 1.76 bits per heavy atom. The molecule has 1 fully saturated rings. The predicted molar refractivity (Wildman–Crippen MR) is 155 cm³/mol. The van der Waals surface area contributed by atoms with Crippen molar-refractivity contribution in [3.05, 3.63) is 70.6 Å². The Kier molecular flexibility index (Phi) is 11.3. The lowest BCUT2D eigenvalue weighted by molar-refractivity contribution is -0.121. The van der Waals surface area contributed by atoms with Crippen molar-refractivity contribution in [3.63, 3.8) is 0 Å². The molecule has 1 saturated heterocycles. The average Bonchev–Trinajstić information content (AvgIpc) is 3.17. The van der Waals surface area contributed by atoms with Crippen LogP contribution in [0.2, 0.25) is 5.02 Å². The second-order valence-electron chi connectivity index (χ2n) is 8.64. The van der Waals surface area contributed by atoms with Crippen LogP contribution in [-0.4, -0.2) is 44.7 Å². The molecule has 0 unspecified atom stereocenters. The van der Waals surface area contributed by atoms with Gasteiger partial charge in [-0.2, -0.15) is 8.42 Å². The molecule has 0 radical (unpaired) electrons. The molecule has 204 valence electrons. The molecule has 7 nitrogen and oxygen atoms in total. The number of nitrogens with zero attached hydrogens (tertiary/aromatic N) is 2. The van der Waals surface area contributed by atoms with E-state index in [1.807, 2.05) is 12.1 Å². The first-order chi connectivity index (χ1) is 18.3. The van der Waals surface area contributed by atoms with Crippen LogP contribution in [0.5, 0.6) is 11.5 Å². The molecular weight excluding hydrogens is 544 g/mol. The van der Waals surface area contributed by atoms with Crippen LogP contribution in [0, 0.1) is 0 Å². The highest BCUT2D eigenvalue weighted by Crippen LogP contribution is 2.35. The van der Waals surface area contributed by atoms with Crippen LogP contribution in [0.1, 0.15) is 51.0 Å². The lowest BCUT2D eigenvalue weighted by atomic mass is 10.1. The molecule has 0 aromatic heterocycles. The van der Waals surface area contributed by atoms with E-state index in [-0.39, 0.29) is 22.5 Å². The minimum Gasteiger partial charge on any atom is -0.493 e. The van der Waals surface area contributed by atoms with Crippen LogP contribution in [0.25, 0.3) is 6.08 Å². The van der Waals surface area contributed by atoms with Gasteiger partial charge in [0.05, 0.1) is 23.5 Å². The van der Waals surface area contributed by atoms with Gasteiger partial charge >= 0.3 is 0 Å². The summed E-state index contributed by atoms with van der Waals surface area (Å²) in [4.78, 5) is 14.7. The van der Waals surface area contributed by atoms with E-state index in [1.54, 1.807) is 19.3 Å². The van der Waals surface area contributed by atoms with Crippen LogP contribution in [0.15, 0.2) is 69.3 Å². The first kappa shape index (κ1) is 29.8. The van der Waals surface area contributed by atoms with E-state index >= 15 is 0 Å². The number of carbonyl (C=O) groups excluding carboxylic acids is 1. The number of thioether (sulfide) groups is 1. The SMILES string of the molecule is C=CCN1C(=O)C(=Cc2ccc(OCCCCCCCC)c(OC)c2)SC1=NS(=O)(=O)c1ccc(Cl)cc1. The number of methoxy groups -OCH3 is 1. The molecule has 0 aliphatic carbocycles. The minimum atomic E-state index is -4.05. The number of carbonyl (C=O) groups is 1. The number of benzene rings is 2. The zero-order valence-corrected chi connectivity index (χ0v) is 24.1. The lowest BCUT2D eigenvalue weighted by Crippen LogP contribution is -2.29. The fraction of sp³-hybridized carbons (Fsp3) is 0.357. The van der Waals surface area contributed by atoms with E-state index < -0.39 is 10.0 Å². The zero-order chi connectivity index (χ0) is 27.5. The number of rotatable bonds is 14. The molecule has 0 saturated carbocycles. The molecule has 1 amide bonds. The summed E-state index contributed by atoms with van der Waals surface area (Å²) in [6, 6.07) is 11.1. The van der Waals surface area contributed by atoms with E-state index in [0.29, 0.717) is 33.6 Å². The summed E-state index contributed by atoms with van der Waals surface area (Å²) in [7, 11) is -2.48. The van der Waals surface area contributed by atoms with Crippen LogP contribution < -0.4 is 9.47 Å². The third-order valence-electron chi connectivity index (χ3n) is 5.75. The van der Waals surface area contributed by atoms with Crippen LogP contribution in [0.3, 0.4) is 0 Å². The largest absolute Gasteiger partial charge is 0.493 e. The molecule has 0 atom stereocenters. The topological polar surface area (TPSA) is 85.3 Å². The number of hydrogen-bond acceptors (Lipinski definition) is 6. The first-order valence-electron chi connectivity index (χ1n) is 12.5. The van der Waals surface area contributed by atoms with Gasteiger partial charge in [-0.15, -0.1) is 11.0 Å². The highest BCUT2D eigenvalue weighted by atomic mass is 35.5. The molecule has 38 heavy (non-hydrogen) atoms. The van der Waals surface area contributed by atoms with Gasteiger partial charge in [-0.25, -0.2) is 0 Å². The van der Waals surface area contributed by atoms with Crippen molar-refractivity contribution in [1.29, 1.82) is 0 Å². The van der Waals surface area contributed by atoms with Crippen molar-refractivity contribution in [1.82, 2.24) is 4.90 Å². The van der Waals surface area contributed by atoms with Crippen molar-refractivity contribution < 1.29 is 22.7 Å². The van der Waals surface area contributed by atoms with Gasteiger partial charge in [0.2, 0.25) is 0 Å². The van der Waals surface area contributed by atoms with Crippen molar-refractivity contribution >= 4 is 50.5 Å². The van der Waals surface area contributed by atoms with E-state index in [1.165, 1.54) is 60.9 Å². The van der Waals surface area contributed by atoms with Crippen molar-refractivity contribution in [3.8, 4) is 11.5 Å². The summed E-state index contributed by atoms with van der Waals surface area (Å²) in [6.07, 6.45) is 10.3. The maximum absolute atomic E-state index is 13.1. The van der Waals surface area contributed by atoms with Gasteiger partial charge in [-0.3, -0.25) is 9.69 Å². The number of sulfonamides is 1. The standard InChI is InChI=1S/C28H33ClN2O5S2/c1-4-6-7-8-9-10-18-36-24-16-11-21(19-25(24)35-3)20-26-27(32)31(17-5-2)28(37-26)30-38(33,34)23-14-12-22(29)13-15-23/h5,11-16,19-20H,2,4,6-10,17-18H2,1,3H3. The third-order valence-corrected chi connectivity index (χ3v) is 8.41. The second-order valence-corrected chi connectivity index (χ2v) is 11.7. The summed E-state index contributed by atoms with van der Waals surface area (Å²) < 4.78 is 41.1. The molecule has 0 bridgehead atoms. The normalized spacial score (nSPS) is 15.9. The highest BCUT2D eigenvalue weighted by Gasteiger charge is 2.34. The van der Waals surface area contributed by atoms with Crippen LogP contribution in [-0.2, 0) is 14.8 Å². The van der Waals surface area contributed by atoms with E-state index in [2.05, 4.69) is 17.9 Å². The number of unbranched alkanes of at least 4 members (excludes halogenated alkanes) is 5. The average molecular weight is 577 g/mol. The lowest BCUT2D eigenvalue weighted by Gasteiger charge is -2.12. The molecule has 0 spiro atoms. The Balaban J connectivity index is 1.76. The summed E-state index contributed by atoms with van der Waals surface area (Å²) >= 11 is 6.86. The van der Waals surface area contributed by atoms with Gasteiger partial charge in [0, 0.05) is 11.6 Å². The Labute approximate surface area is 234 Å². The molecule has 1 aliphatic rings. The zero-order valence-electron chi connectivity index (χ0n) is 21.7. The summed E-state index contributed by atoms with van der Waals surface area (Å²) in [5, 5.41) is 0.469. The van der Waals surface area contributed by atoms with Gasteiger partial charge in [0.15, 0.2) is 16.7 Å². The molecule has 2 aromatic rings. The summed E-state index contributed by atoms with van der Waals surface area (Å²) in [5.41, 5.74) is 0.713. The Hall–Kier alpha value is -2.75. The second kappa shape index (κ2) is 14.4. The summed E-state index contributed by atoms with van der Waals surface area (Å²) in [5.74, 6) is 0.837. The van der Waals surface area contributed by atoms with Gasteiger partial charge < -0.3 is 9.47 Å². The number of amides is 1. The fourth-order valence-electron chi connectivity index (χ4n) is 3.74. The Morgan fingerprint density at radius 3 is 2.45 bits per heavy atom. The van der Waals surface area contributed by atoms with E-state index in [4.69, 9.17) is 21.1 Å². The Morgan fingerprint density at radius 1 is 1.05 bits per heavy atom. The highest BCUT2D eigenvalue weighted by molar-refractivity contribution is 8.19. The predicted octanol–water partition coefficient (Wildman–Crippen LogP) is 6.94. The quantitative estimate of drug-likeness (QED) is 0.138. The van der Waals surface area contributed by atoms with E-state index in [9.17, 15) is 13.2 Å². The van der Waals surface area contributed by atoms with Crippen LogP contribution in [0.4, 0.5) is 0 Å². The third kappa shape index (κ3) is 8.12. The fourth-order valence-corrected chi connectivity index (χ4v) is 6.05. The molecule has 0 N–H and O–H groups in total. The first-order valence-corrected chi connectivity index (χ1v) is 15.2. The van der Waals surface area contributed by atoms with Crippen molar-refractivity contribution in [2.45, 2.75) is 50.3 Å². The minimum absolute atomic E-state index is 0.0142. The number of amidine groups is 1. The molecule has 2 aromatic carbocycles. The van der Waals surface area contributed by atoms with Gasteiger partial charge in [-0.05, 0) is 66.2 Å². The number of ether oxygens (including phenoxy) is 2. The molecule has 3 rings (SSSR count). The molecular formula is C28H33ClN2O5S2. The monoisotopic (exact) mass is 576 g/mol. The van der Waals surface area contributed by atoms with Gasteiger partial charge in [0.25, 0.3) is 15.9 Å². The summed E-state index contributed by atoms with van der Waals surface area (Å²) in [6.45, 7) is 6.60. The molecule has 1 heterocycles. The van der Waals surface area contributed by atoms with Gasteiger partial charge in [0.1, 0.15) is 0 Å².